The fourth-order valence-corrected chi connectivity index (χ4v) is 2.45. The Hall–Kier alpha value is -2.12. The summed E-state index contributed by atoms with van der Waals surface area (Å²) in [7, 11) is 1.38. The molecule has 2 N–H and O–H groups in total. The quantitative estimate of drug-likeness (QED) is 0.746. The zero-order valence-corrected chi connectivity index (χ0v) is 13.9. The molecule has 0 radical (unpaired) electrons. The Labute approximate surface area is 140 Å². The van der Waals surface area contributed by atoms with Crippen molar-refractivity contribution < 1.29 is 28.9 Å². The van der Waals surface area contributed by atoms with Crippen molar-refractivity contribution in [1.82, 2.24) is 5.32 Å². The van der Waals surface area contributed by atoms with Gasteiger partial charge in [-0.15, -0.1) is 0 Å². The molecular formula is C17H23NO6. The Balaban J connectivity index is 2.01. The number of methoxy groups -OCH3 is 1. The number of ether oxygens (including phenoxy) is 3. The van der Waals surface area contributed by atoms with Crippen LogP contribution in [-0.2, 0) is 14.3 Å². The third-order valence-corrected chi connectivity index (χ3v) is 3.85. The molecule has 1 aliphatic rings. The number of amides is 1. The molecule has 1 saturated heterocycles. The molecule has 1 fully saturated rings. The fraction of sp³-hybridized carbons (Fsp3) is 0.529. The highest BCUT2D eigenvalue weighted by molar-refractivity contribution is 5.98. The molecule has 0 saturated carbocycles. The average molecular weight is 337 g/mol. The van der Waals surface area contributed by atoms with E-state index < -0.39 is 17.4 Å². The van der Waals surface area contributed by atoms with Gasteiger partial charge in [0, 0.05) is 19.3 Å². The normalized spacial score (nSPS) is 19.5. The molecule has 24 heavy (non-hydrogen) atoms. The first-order chi connectivity index (χ1) is 11.4. The second-order valence-corrected chi connectivity index (χ2v) is 6.00. The predicted octanol–water partition coefficient (Wildman–Crippen LogP) is 1.46. The van der Waals surface area contributed by atoms with Gasteiger partial charge < -0.3 is 24.6 Å². The van der Waals surface area contributed by atoms with Gasteiger partial charge in [-0.25, -0.2) is 4.79 Å². The number of nitrogens with one attached hydrogen (secondary N) is 1. The molecule has 0 bridgehead atoms. The lowest BCUT2D eigenvalue weighted by molar-refractivity contribution is -0.145. The summed E-state index contributed by atoms with van der Waals surface area (Å²) < 4.78 is 16.0. The molecule has 7 nitrogen and oxygen atoms in total. The van der Waals surface area contributed by atoms with E-state index in [0.717, 1.165) is 19.4 Å². The molecule has 0 aliphatic carbocycles. The van der Waals surface area contributed by atoms with Crippen molar-refractivity contribution in [3.8, 4) is 5.75 Å². The summed E-state index contributed by atoms with van der Waals surface area (Å²) in [5.74, 6) is -1.12. The zero-order valence-electron chi connectivity index (χ0n) is 13.9. The molecule has 2 atom stereocenters. The lowest BCUT2D eigenvalue weighted by Gasteiger charge is -2.25. The van der Waals surface area contributed by atoms with Crippen LogP contribution in [0.15, 0.2) is 24.3 Å². The van der Waals surface area contributed by atoms with Crippen LogP contribution >= 0.6 is 0 Å². The summed E-state index contributed by atoms with van der Waals surface area (Å²) in [5.41, 5.74) is -1.18. The first-order valence-corrected chi connectivity index (χ1v) is 7.84. The van der Waals surface area contributed by atoms with Gasteiger partial charge in [0.2, 0.25) is 0 Å². The molecule has 0 spiro atoms. The highest BCUT2D eigenvalue weighted by atomic mass is 16.5. The standard InChI is InChI=1S/C17H23NO6/c1-17(11-22-2,16(20)21)18-15(19)12-5-3-6-13(9-12)24-10-14-7-4-8-23-14/h3,5-6,9,14H,4,7-8,10-11H2,1-2H3,(H,18,19)(H,20,21). The second-order valence-electron chi connectivity index (χ2n) is 6.00. The van der Waals surface area contributed by atoms with E-state index in [2.05, 4.69) is 5.32 Å². The maximum atomic E-state index is 12.3. The minimum Gasteiger partial charge on any atom is -0.491 e. The van der Waals surface area contributed by atoms with Crippen LogP contribution in [0.1, 0.15) is 30.1 Å². The van der Waals surface area contributed by atoms with Crippen LogP contribution in [-0.4, -0.2) is 55.6 Å². The number of carboxylic acid groups (broad SMARTS) is 1. The second kappa shape index (κ2) is 8.12. The molecule has 1 amide bonds. The van der Waals surface area contributed by atoms with Crippen molar-refractivity contribution in [2.24, 2.45) is 0 Å². The largest absolute Gasteiger partial charge is 0.491 e. The summed E-state index contributed by atoms with van der Waals surface area (Å²) >= 11 is 0. The summed E-state index contributed by atoms with van der Waals surface area (Å²) in [5, 5.41) is 11.8. The highest BCUT2D eigenvalue weighted by Gasteiger charge is 2.35. The van der Waals surface area contributed by atoms with Gasteiger partial charge in [-0.1, -0.05) is 6.07 Å². The summed E-state index contributed by atoms with van der Waals surface area (Å²) in [6, 6.07) is 6.62. The van der Waals surface area contributed by atoms with E-state index in [1.807, 2.05) is 0 Å². The van der Waals surface area contributed by atoms with Crippen LogP contribution in [0.3, 0.4) is 0 Å². The Morgan fingerprint density at radius 2 is 2.25 bits per heavy atom. The van der Waals surface area contributed by atoms with Crippen LogP contribution in [0.4, 0.5) is 0 Å². The predicted molar refractivity (Wildman–Crippen MR) is 86.3 cm³/mol. The number of carbonyl (C=O) groups excluding carboxylic acids is 1. The minimum atomic E-state index is -1.50. The lowest BCUT2D eigenvalue weighted by atomic mass is 10.0. The van der Waals surface area contributed by atoms with Gasteiger partial charge in [0.05, 0.1) is 12.7 Å². The SMILES string of the molecule is COCC(C)(NC(=O)c1cccc(OCC2CCCO2)c1)C(=O)O. The molecule has 0 aromatic heterocycles. The number of hydrogen-bond acceptors (Lipinski definition) is 5. The summed E-state index contributed by atoms with van der Waals surface area (Å²) in [4.78, 5) is 23.7. The third kappa shape index (κ3) is 4.69. The first-order valence-electron chi connectivity index (χ1n) is 7.84. The van der Waals surface area contributed by atoms with Crippen molar-refractivity contribution in [3.05, 3.63) is 29.8 Å². The molecule has 1 heterocycles. The van der Waals surface area contributed by atoms with Crippen molar-refractivity contribution >= 4 is 11.9 Å². The van der Waals surface area contributed by atoms with Crippen LogP contribution < -0.4 is 10.1 Å². The number of rotatable bonds is 8. The Bertz CT molecular complexity index is 584. The number of carboxylic acids is 1. The maximum Gasteiger partial charge on any atom is 0.331 e. The van der Waals surface area contributed by atoms with Gasteiger partial charge in [-0.2, -0.15) is 0 Å². The number of benzene rings is 1. The van der Waals surface area contributed by atoms with E-state index in [0.29, 0.717) is 17.9 Å². The number of aliphatic carboxylic acids is 1. The van der Waals surface area contributed by atoms with Crippen LogP contribution in [0.2, 0.25) is 0 Å². The summed E-state index contributed by atoms with van der Waals surface area (Å²) in [6.45, 7) is 2.45. The van der Waals surface area contributed by atoms with E-state index in [4.69, 9.17) is 14.2 Å². The minimum absolute atomic E-state index is 0.0829. The molecule has 132 valence electrons. The molecule has 2 rings (SSSR count). The first kappa shape index (κ1) is 18.2. The highest BCUT2D eigenvalue weighted by Crippen LogP contribution is 2.18. The Morgan fingerprint density at radius 3 is 2.88 bits per heavy atom. The van der Waals surface area contributed by atoms with E-state index in [-0.39, 0.29) is 12.7 Å². The molecule has 2 unspecified atom stereocenters. The fourth-order valence-electron chi connectivity index (χ4n) is 2.45. The lowest BCUT2D eigenvalue weighted by Crippen LogP contribution is -2.55. The van der Waals surface area contributed by atoms with Gasteiger partial charge in [-0.3, -0.25) is 4.79 Å². The Kier molecular flexibility index (Phi) is 6.16. The molecule has 1 aliphatic heterocycles. The van der Waals surface area contributed by atoms with Crippen molar-refractivity contribution in [1.29, 1.82) is 0 Å². The van der Waals surface area contributed by atoms with Gasteiger partial charge in [0.1, 0.15) is 12.4 Å². The van der Waals surface area contributed by atoms with E-state index >= 15 is 0 Å². The molecule has 1 aromatic carbocycles. The third-order valence-electron chi connectivity index (χ3n) is 3.85. The summed E-state index contributed by atoms with van der Waals surface area (Å²) in [6.07, 6.45) is 2.08. The van der Waals surface area contributed by atoms with E-state index in [1.165, 1.54) is 14.0 Å². The van der Waals surface area contributed by atoms with Gasteiger partial charge in [0.15, 0.2) is 5.54 Å². The Morgan fingerprint density at radius 1 is 1.46 bits per heavy atom. The zero-order chi connectivity index (χ0) is 17.6. The van der Waals surface area contributed by atoms with Crippen LogP contribution in [0, 0.1) is 0 Å². The monoisotopic (exact) mass is 337 g/mol. The van der Waals surface area contributed by atoms with Crippen LogP contribution in [0.25, 0.3) is 0 Å². The van der Waals surface area contributed by atoms with Gasteiger partial charge in [-0.05, 0) is 38.0 Å². The topological polar surface area (TPSA) is 94.1 Å². The smallest absolute Gasteiger partial charge is 0.331 e. The molecule has 7 heteroatoms. The van der Waals surface area contributed by atoms with Gasteiger partial charge >= 0.3 is 5.97 Å². The van der Waals surface area contributed by atoms with Crippen molar-refractivity contribution in [2.75, 3.05) is 26.9 Å². The van der Waals surface area contributed by atoms with E-state index in [9.17, 15) is 14.7 Å². The van der Waals surface area contributed by atoms with Crippen molar-refractivity contribution in [2.45, 2.75) is 31.4 Å². The average Bonchev–Trinajstić information content (AvgIpc) is 3.06. The van der Waals surface area contributed by atoms with Gasteiger partial charge in [0.25, 0.3) is 5.91 Å². The maximum absolute atomic E-state index is 12.3. The number of hydrogen-bond donors (Lipinski definition) is 2. The molecular weight excluding hydrogens is 314 g/mol. The van der Waals surface area contributed by atoms with E-state index in [1.54, 1.807) is 24.3 Å². The number of carbonyl (C=O) groups is 2. The van der Waals surface area contributed by atoms with Crippen LogP contribution in [0.5, 0.6) is 5.75 Å². The molecule has 1 aromatic rings. The van der Waals surface area contributed by atoms with Crippen molar-refractivity contribution in [3.63, 3.8) is 0 Å².